The number of nitro groups is 1. The van der Waals surface area contributed by atoms with Crippen LogP contribution >= 0.6 is 0 Å². The Balaban J connectivity index is 3.21. The first-order valence-electron chi connectivity index (χ1n) is 4.83. The van der Waals surface area contributed by atoms with Crippen LogP contribution in [0.5, 0.6) is 0 Å². The Kier molecular flexibility index (Phi) is 4.64. The fraction of sp³-hybridized carbons (Fsp3) is 0.250. The van der Waals surface area contributed by atoms with Crippen molar-refractivity contribution in [2.24, 2.45) is 5.22 Å². The lowest BCUT2D eigenvalue weighted by atomic mass is 10.3. The quantitative estimate of drug-likeness (QED) is 0.158. The second-order valence-corrected chi connectivity index (χ2v) is 4.87. The monoisotopic (exact) mass is 287 g/mol. The summed E-state index contributed by atoms with van der Waals surface area (Å²) in [5, 5.41) is 14.5. The van der Waals surface area contributed by atoms with E-state index in [1.807, 2.05) is 0 Å². The molecule has 0 radical (unpaired) electrons. The summed E-state index contributed by atoms with van der Waals surface area (Å²) in [7, 11) is -4.61. The minimum Gasteiger partial charge on any atom is -0.285 e. The van der Waals surface area contributed by atoms with E-state index in [9.17, 15) is 18.5 Å². The Morgan fingerprint density at radius 1 is 1.47 bits per heavy atom. The summed E-state index contributed by atoms with van der Waals surface area (Å²) in [5.74, 6) is -1.20. The molecule has 0 amide bonds. The van der Waals surface area contributed by atoms with Gasteiger partial charge in [-0.25, -0.2) is 0 Å². The summed E-state index contributed by atoms with van der Waals surface area (Å²) < 4.78 is 30.3. The van der Waals surface area contributed by atoms with Gasteiger partial charge in [-0.15, -0.1) is 10.5 Å². The number of para-hydroxylation sites is 1. The van der Waals surface area contributed by atoms with Crippen molar-refractivity contribution in [1.29, 1.82) is 0 Å². The molecule has 1 rings (SSSR count). The Bertz CT molecular complexity index is 597. The van der Waals surface area contributed by atoms with E-state index in [0.29, 0.717) is 5.01 Å². The largest absolute Gasteiger partial charge is 0.370 e. The van der Waals surface area contributed by atoms with Gasteiger partial charge >= 0.3 is 6.17 Å². The van der Waals surface area contributed by atoms with Crippen LogP contribution in [0.2, 0.25) is 0 Å². The SMILES string of the molecule is [N-]=[N+]=NN(c1ccccc1)C(CS(=O)(=O)O)[N+](=O)[O-]. The summed E-state index contributed by atoms with van der Waals surface area (Å²) >= 11 is 0. The first-order valence-corrected chi connectivity index (χ1v) is 6.44. The highest BCUT2D eigenvalue weighted by molar-refractivity contribution is 7.85. The smallest absolute Gasteiger partial charge is 0.285 e. The van der Waals surface area contributed by atoms with Crippen molar-refractivity contribution < 1.29 is 17.9 Å². The maximum Gasteiger partial charge on any atom is 0.370 e. The zero-order valence-corrected chi connectivity index (χ0v) is 10.2. The highest BCUT2D eigenvalue weighted by atomic mass is 32.2. The van der Waals surface area contributed by atoms with Gasteiger partial charge in [-0.05, 0) is 17.4 Å². The van der Waals surface area contributed by atoms with Crippen LogP contribution < -0.4 is 5.01 Å². The van der Waals surface area contributed by atoms with E-state index in [2.05, 4.69) is 10.1 Å². The van der Waals surface area contributed by atoms with Gasteiger partial charge in [0.15, 0.2) is 5.75 Å². The topological polar surface area (TPSA) is 150 Å². The predicted molar refractivity (Wildman–Crippen MR) is 65.3 cm³/mol. The normalized spacial score (nSPS) is 12.3. The molecule has 1 N–H and O–H groups in total. The maximum atomic E-state index is 10.9. The molecular formula is C8H9N5O5S. The molecule has 0 aliphatic rings. The number of anilines is 1. The Labute approximate surface area is 107 Å². The van der Waals surface area contributed by atoms with Crippen molar-refractivity contribution >= 4 is 15.8 Å². The predicted octanol–water partition coefficient (Wildman–Crippen LogP) is 1.21. The van der Waals surface area contributed by atoms with Gasteiger partial charge < -0.3 is 0 Å². The summed E-state index contributed by atoms with van der Waals surface area (Å²) in [6.45, 7) is 0. The van der Waals surface area contributed by atoms with Crippen molar-refractivity contribution in [3.05, 3.63) is 50.9 Å². The lowest BCUT2D eigenvalue weighted by Gasteiger charge is -2.16. The maximum absolute atomic E-state index is 10.9. The van der Waals surface area contributed by atoms with Gasteiger partial charge in [0.25, 0.3) is 10.1 Å². The molecule has 1 aromatic carbocycles. The van der Waals surface area contributed by atoms with Gasteiger partial charge in [0.1, 0.15) is 5.69 Å². The van der Waals surface area contributed by atoms with Gasteiger partial charge in [-0.2, -0.15) is 13.3 Å². The summed E-state index contributed by atoms with van der Waals surface area (Å²) in [4.78, 5) is 12.3. The highest BCUT2D eigenvalue weighted by Crippen LogP contribution is 2.18. The minimum atomic E-state index is -4.61. The molecule has 0 saturated carbocycles. The molecule has 0 spiro atoms. The summed E-state index contributed by atoms with van der Waals surface area (Å²) in [5.41, 5.74) is 8.54. The minimum absolute atomic E-state index is 0.130. The average Bonchev–Trinajstić information content (AvgIpc) is 2.33. The molecule has 1 atom stereocenters. The van der Waals surface area contributed by atoms with E-state index in [4.69, 9.17) is 10.1 Å². The molecule has 0 heterocycles. The molecule has 10 nitrogen and oxygen atoms in total. The second kappa shape index (κ2) is 6.00. The molecule has 0 aromatic heterocycles. The van der Waals surface area contributed by atoms with Gasteiger partial charge in [0.2, 0.25) is 0 Å². The molecule has 0 aliphatic heterocycles. The van der Waals surface area contributed by atoms with Crippen LogP contribution in [0.1, 0.15) is 0 Å². The van der Waals surface area contributed by atoms with Crippen molar-refractivity contribution in [1.82, 2.24) is 0 Å². The van der Waals surface area contributed by atoms with Crippen LogP contribution in [0, 0.1) is 10.1 Å². The van der Waals surface area contributed by atoms with E-state index in [0.717, 1.165) is 0 Å². The Morgan fingerprint density at radius 2 is 2.05 bits per heavy atom. The number of azide groups is 1. The number of hydrogen-bond acceptors (Lipinski definition) is 5. The third kappa shape index (κ3) is 4.43. The number of nitrogens with zero attached hydrogens (tertiary/aromatic N) is 5. The lowest BCUT2D eigenvalue weighted by molar-refractivity contribution is -0.516. The molecule has 0 aliphatic carbocycles. The van der Waals surface area contributed by atoms with Crippen molar-refractivity contribution in [2.45, 2.75) is 6.17 Å². The fourth-order valence-electron chi connectivity index (χ4n) is 1.32. The van der Waals surface area contributed by atoms with Crippen molar-refractivity contribution in [2.75, 3.05) is 10.8 Å². The van der Waals surface area contributed by atoms with Crippen LogP contribution in [-0.2, 0) is 10.1 Å². The Morgan fingerprint density at radius 3 is 2.47 bits per heavy atom. The highest BCUT2D eigenvalue weighted by Gasteiger charge is 2.37. The summed E-state index contributed by atoms with van der Waals surface area (Å²) in [6.07, 6.45) is -1.92. The van der Waals surface area contributed by atoms with Crippen LogP contribution in [0.3, 0.4) is 0 Å². The fourth-order valence-corrected chi connectivity index (χ4v) is 1.96. The molecular weight excluding hydrogens is 278 g/mol. The molecule has 1 unspecified atom stereocenters. The average molecular weight is 287 g/mol. The third-order valence-corrected chi connectivity index (χ3v) is 2.76. The van der Waals surface area contributed by atoms with Crippen LogP contribution in [0.4, 0.5) is 5.69 Å². The van der Waals surface area contributed by atoms with E-state index in [1.165, 1.54) is 24.3 Å². The molecule has 0 saturated heterocycles. The van der Waals surface area contributed by atoms with Gasteiger partial charge in [0, 0.05) is 0 Å². The molecule has 19 heavy (non-hydrogen) atoms. The third-order valence-electron chi connectivity index (χ3n) is 2.04. The first kappa shape index (κ1) is 14.7. The molecule has 1 aromatic rings. The number of rotatable bonds is 6. The second-order valence-electron chi connectivity index (χ2n) is 3.37. The van der Waals surface area contributed by atoms with E-state index >= 15 is 0 Å². The van der Waals surface area contributed by atoms with E-state index in [-0.39, 0.29) is 5.69 Å². The van der Waals surface area contributed by atoms with Crippen molar-refractivity contribution in [3.8, 4) is 0 Å². The first-order chi connectivity index (χ1) is 8.85. The zero-order chi connectivity index (χ0) is 14.5. The molecule has 0 bridgehead atoms. The number of hydrogen-bond donors (Lipinski definition) is 1. The van der Waals surface area contributed by atoms with Crippen LogP contribution in [0.25, 0.3) is 10.4 Å². The van der Waals surface area contributed by atoms with Crippen LogP contribution in [0.15, 0.2) is 35.6 Å². The summed E-state index contributed by atoms with van der Waals surface area (Å²) in [6, 6.07) is 7.48. The number of benzene rings is 1. The lowest BCUT2D eigenvalue weighted by Crippen LogP contribution is -2.42. The van der Waals surface area contributed by atoms with Gasteiger partial charge in [-0.3, -0.25) is 14.7 Å². The Hall–Kier alpha value is -2.36. The van der Waals surface area contributed by atoms with Gasteiger partial charge in [0.05, 0.1) is 4.92 Å². The van der Waals surface area contributed by atoms with E-state index in [1.54, 1.807) is 6.07 Å². The molecule has 0 fully saturated rings. The van der Waals surface area contributed by atoms with E-state index < -0.39 is 27.0 Å². The van der Waals surface area contributed by atoms with Gasteiger partial charge in [-0.1, -0.05) is 18.2 Å². The molecule has 11 heteroatoms. The standard InChI is InChI=1S/C8H9N5O5S/c9-10-11-12(7-4-2-1-3-5-7)8(13(14)15)6-19(16,17)18/h1-5,8H,6H2,(H,16,17,18). The molecule has 102 valence electrons. The zero-order valence-electron chi connectivity index (χ0n) is 9.40. The van der Waals surface area contributed by atoms with Crippen molar-refractivity contribution in [3.63, 3.8) is 0 Å². The van der Waals surface area contributed by atoms with Crippen LogP contribution in [-0.4, -0.2) is 29.8 Å².